The number of hydrogen-bond donors (Lipinski definition) is 3. The maximum absolute atomic E-state index is 12.2. The first kappa shape index (κ1) is 15.4. The second kappa shape index (κ2) is 7.74. The van der Waals surface area contributed by atoms with Gasteiger partial charge in [0.05, 0.1) is 5.41 Å². The molecule has 1 rings (SSSR count). The van der Waals surface area contributed by atoms with E-state index in [1.165, 1.54) is 12.8 Å². The molecule has 0 aromatic heterocycles. The van der Waals surface area contributed by atoms with E-state index in [9.17, 15) is 4.79 Å². The van der Waals surface area contributed by atoms with Gasteiger partial charge in [0.25, 0.3) is 0 Å². The number of amides is 1. The Morgan fingerprint density at radius 1 is 1.44 bits per heavy atom. The van der Waals surface area contributed by atoms with E-state index in [0.717, 1.165) is 44.8 Å². The van der Waals surface area contributed by atoms with E-state index in [4.69, 9.17) is 5.73 Å². The molecule has 106 valence electrons. The molecule has 1 unspecified atom stereocenters. The van der Waals surface area contributed by atoms with Crippen molar-refractivity contribution >= 4 is 5.91 Å². The van der Waals surface area contributed by atoms with Crippen LogP contribution >= 0.6 is 0 Å². The Morgan fingerprint density at radius 2 is 2.17 bits per heavy atom. The Hall–Kier alpha value is -0.610. The summed E-state index contributed by atoms with van der Waals surface area (Å²) in [7, 11) is 0. The van der Waals surface area contributed by atoms with Gasteiger partial charge in [-0.2, -0.15) is 0 Å². The largest absolute Gasteiger partial charge is 0.356 e. The van der Waals surface area contributed by atoms with Crippen LogP contribution in [0.2, 0.25) is 0 Å². The fraction of sp³-hybridized carbons (Fsp3) is 0.929. The Kier molecular flexibility index (Phi) is 6.65. The molecule has 0 aliphatic carbocycles. The fourth-order valence-electron chi connectivity index (χ4n) is 2.70. The van der Waals surface area contributed by atoms with Gasteiger partial charge in [0, 0.05) is 13.1 Å². The topological polar surface area (TPSA) is 67.2 Å². The Labute approximate surface area is 111 Å². The molecule has 1 aliphatic rings. The molecule has 0 saturated carbocycles. The number of carbonyl (C=O) groups is 1. The first-order valence-corrected chi connectivity index (χ1v) is 7.37. The SMILES string of the molecule is CCC(CC)(CN)C(=O)NCCC1CCCNC1. The molecule has 1 amide bonds. The molecule has 18 heavy (non-hydrogen) atoms. The number of hydrogen-bond acceptors (Lipinski definition) is 3. The maximum atomic E-state index is 12.2. The highest BCUT2D eigenvalue weighted by Gasteiger charge is 2.32. The molecule has 0 radical (unpaired) electrons. The van der Waals surface area contributed by atoms with Gasteiger partial charge in [0.1, 0.15) is 0 Å². The summed E-state index contributed by atoms with van der Waals surface area (Å²) in [5.74, 6) is 0.855. The van der Waals surface area contributed by atoms with Crippen molar-refractivity contribution in [2.24, 2.45) is 17.1 Å². The van der Waals surface area contributed by atoms with Crippen LogP contribution in [0.15, 0.2) is 0 Å². The monoisotopic (exact) mass is 255 g/mol. The van der Waals surface area contributed by atoms with E-state index in [2.05, 4.69) is 10.6 Å². The number of carbonyl (C=O) groups excluding carboxylic acids is 1. The summed E-state index contributed by atoms with van der Waals surface area (Å²) >= 11 is 0. The molecule has 1 saturated heterocycles. The molecule has 4 heteroatoms. The predicted molar refractivity (Wildman–Crippen MR) is 75.3 cm³/mol. The van der Waals surface area contributed by atoms with Gasteiger partial charge in [-0.25, -0.2) is 0 Å². The molecule has 1 aliphatic heterocycles. The Morgan fingerprint density at radius 3 is 2.67 bits per heavy atom. The normalized spacial score (nSPS) is 20.7. The minimum Gasteiger partial charge on any atom is -0.356 e. The van der Waals surface area contributed by atoms with Crippen LogP contribution in [0.25, 0.3) is 0 Å². The lowest BCUT2D eigenvalue weighted by molar-refractivity contribution is -0.131. The highest BCUT2D eigenvalue weighted by molar-refractivity contribution is 5.82. The highest BCUT2D eigenvalue weighted by atomic mass is 16.2. The van der Waals surface area contributed by atoms with Crippen molar-refractivity contribution in [1.82, 2.24) is 10.6 Å². The summed E-state index contributed by atoms with van der Waals surface area (Å²) in [5.41, 5.74) is 5.42. The van der Waals surface area contributed by atoms with Crippen LogP contribution in [0.5, 0.6) is 0 Å². The summed E-state index contributed by atoms with van der Waals surface area (Å²) in [6.45, 7) is 7.55. The zero-order valence-electron chi connectivity index (χ0n) is 11.9. The standard InChI is InChI=1S/C14H29N3O/c1-3-14(4-2,11-15)13(18)17-9-7-12-6-5-8-16-10-12/h12,16H,3-11,15H2,1-2H3,(H,17,18). The van der Waals surface area contributed by atoms with Crippen molar-refractivity contribution in [2.45, 2.75) is 46.0 Å². The molecular formula is C14H29N3O. The summed E-state index contributed by atoms with van der Waals surface area (Å²) in [6, 6.07) is 0. The Bertz CT molecular complexity index is 237. The average molecular weight is 255 g/mol. The van der Waals surface area contributed by atoms with Crippen molar-refractivity contribution in [2.75, 3.05) is 26.2 Å². The van der Waals surface area contributed by atoms with E-state index in [1.54, 1.807) is 0 Å². The summed E-state index contributed by atoms with van der Waals surface area (Å²) < 4.78 is 0. The first-order chi connectivity index (χ1) is 8.68. The second-order valence-electron chi connectivity index (χ2n) is 5.45. The minimum atomic E-state index is -0.356. The molecule has 1 heterocycles. The lowest BCUT2D eigenvalue weighted by Crippen LogP contribution is -2.46. The third-order valence-electron chi connectivity index (χ3n) is 4.46. The third kappa shape index (κ3) is 3.95. The van der Waals surface area contributed by atoms with Crippen molar-refractivity contribution in [3.8, 4) is 0 Å². The lowest BCUT2D eigenvalue weighted by atomic mass is 9.81. The molecule has 0 aromatic rings. The van der Waals surface area contributed by atoms with Crippen molar-refractivity contribution < 1.29 is 4.79 Å². The van der Waals surface area contributed by atoms with Gasteiger partial charge in [-0.15, -0.1) is 0 Å². The molecule has 0 bridgehead atoms. The molecule has 1 fully saturated rings. The predicted octanol–water partition coefficient (Wildman–Crippen LogP) is 1.26. The molecule has 0 aromatic carbocycles. The minimum absolute atomic E-state index is 0.138. The molecule has 4 nitrogen and oxygen atoms in total. The Balaban J connectivity index is 2.30. The smallest absolute Gasteiger partial charge is 0.227 e. The van der Waals surface area contributed by atoms with Crippen molar-refractivity contribution in [1.29, 1.82) is 0 Å². The number of rotatable bonds is 7. The van der Waals surface area contributed by atoms with Crippen LogP contribution < -0.4 is 16.4 Å². The van der Waals surface area contributed by atoms with Crippen molar-refractivity contribution in [3.05, 3.63) is 0 Å². The molecular weight excluding hydrogens is 226 g/mol. The summed E-state index contributed by atoms with van der Waals surface area (Å²) in [4.78, 5) is 12.2. The first-order valence-electron chi connectivity index (χ1n) is 7.37. The van der Waals surface area contributed by atoms with Crippen LogP contribution in [-0.4, -0.2) is 32.1 Å². The average Bonchev–Trinajstić information content (AvgIpc) is 2.42. The van der Waals surface area contributed by atoms with Crippen LogP contribution in [-0.2, 0) is 4.79 Å². The number of piperidine rings is 1. The summed E-state index contributed by atoms with van der Waals surface area (Å²) in [6.07, 6.45) is 5.25. The lowest BCUT2D eigenvalue weighted by Gasteiger charge is -2.29. The second-order valence-corrected chi connectivity index (χ2v) is 5.45. The van der Waals surface area contributed by atoms with E-state index in [-0.39, 0.29) is 11.3 Å². The summed E-state index contributed by atoms with van der Waals surface area (Å²) in [5, 5.41) is 6.48. The number of nitrogens with two attached hydrogens (primary N) is 1. The fourth-order valence-corrected chi connectivity index (χ4v) is 2.70. The zero-order chi connectivity index (χ0) is 13.4. The van der Waals surface area contributed by atoms with Gasteiger partial charge in [-0.05, 0) is 51.1 Å². The van der Waals surface area contributed by atoms with Gasteiger partial charge in [-0.1, -0.05) is 13.8 Å². The molecule has 1 atom stereocenters. The molecule has 4 N–H and O–H groups in total. The third-order valence-corrected chi connectivity index (χ3v) is 4.46. The maximum Gasteiger partial charge on any atom is 0.227 e. The zero-order valence-corrected chi connectivity index (χ0v) is 11.9. The highest BCUT2D eigenvalue weighted by Crippen LogP contribution is 2.25. The van der Waals surface area contributed by atoms with Gasteiger partial charge < -0.3 is 16.4 Å². The van der Waals surface area contributed by atoms with E-state index >= 15 is 0 Å². The quantitative estimate of drug-likeness (QED) is 0.641. The van der Waals surface area contributed by atoms with Gasteiger partial charge in [0.2, 0.25) is 5.91 Å². The van der Waals surface area contributed by atoms with Crippen LogP contribution in [0.3, 0.4) is 0 Å². The van der Waals surface area contributed by atoms with Gasteiger partial charge in [0.15, 0.2) is 0 Å². The molecule has 0 spiro atoms. The van der Waals surface area contributed by atoms with Crippen LogP contribution in [0.4, 0.5) is 0 Å². The van der Waals surface area contributed by atoms with Crippen LogP contribution in [0.1, 0.15) is 46.0 Å². The number of nitrogens with one attached hydrogen (secondary N) is 2. The van der Waals surface area contributed by atoms with Gasteiger partial charge >= 0.3 is 0 Å². The van der Waals surface area contributed by atoms with E-state index in [0.29, 0.717) is 6.54 Å². The van der Waals surface area contributed by atoms with Gasteiger partial charge in [-0.3, -0.25) is 4.79 Å². The van der Waals surface area contributed by atoms with E-state index < -0.39 is 0 Å². The van der Waals surface area contributed by atoms with Crippen molar-refractivity contribution in [3.63, 3.8) is 0 Å². The van der Waals surface area contributed by atoms with Crippen LogP contribution in [0, 0.1) is 11.3 Å². The van der Waals surface area contributed by atoms with E-state index in [1.807, 2.05) is 13.8 Å².